The topological polar surface area (TPSA) is 186 Å². The molecule has 1 saturated heterocycles. The Morgan fingerprint density at radius 1 is 0.983 bits per heavy atom. The predicted molar refractivity (Wildman–Crippen MR) is 215 cm³/mol. The number of hydrogen-bond donors (Lipinski definition) is 3. The zero-order valence-electron chi connectivity index (χ0n) is 32.8. The fourth-order valence-electron chi connectivity index (χ4n) is 9.01. The second-order valence-electron chi connectivity index (χ2n) is 16.8. The van der Waals surface area contributed by atoms with Crippen molar-refractivity contribution in [3.8, 4) is 5.75 Å². The number of allylic oxidation sites excluding steroid dienone is 1. The molecule has 5 atom stereocenters. The number of halogens is 1. The monoisotopic (exact) mass is 829 g/mol. The van der Waals surface area contributed by atoms with E-state index in [4.69, 9.17) is 18.9 Å². The van der Waals surface area contributed by atoms with Crippen molar-refractivity contribution in [3.05, 3.63) is 59.9 Å². The van der Waals surface area contributed by atoms with Crippen molar-refractivity contribution in [2.75, 3.05) is 6.54 Å². The number of nitrogens with one attached hydrogen (secondary N) is 3. The van der Waals surface area contributed by atoms with Gasteiger partial charge in [-0.2, -0.15) is 0 Å². The van der Waals surface area contributed by atoms with Crippen LogP contribution in [0.5, 0.6) is 5.75 Å². The number of furan rings is 1. The van der Waals surface area contributed by atoms with Crippen molar-refractivity contribution in [1.82, 2.24) is 25.2 Å². The van der Waals surface area contributed by atoms with Crippen molar-refractivity contribution in [2.45, 2.75) is 125 Å². The van der Waals surface area contributed by atoms with Crippen LogP contribution in [-0.2, 0) is 29.1 Å². The molecule has 4 heterocycles. The van der Waals surface area contributed by atoms with Crippen molar-refractivity contribution < 1.29 is 45.9 Å². The van der Waals surface area contributed by atoms with Crippen LogP contribution in [0.4, 0.5) is 9.18 Å². The van der Waals surface area contributed by atoms with E-state index in [0.29, 0.717) is 54.1 Å². The smallest absolute Gasteiger partial charge is 0.408 e. The molecule has 4 amide bonds. The number of benzene rings is 2. The van der Waals surface area contributed by atoms with Crippen molar-refractivity contribution in [2.24, 2.45) is 5.92 Å². The first kappa shape index (κ1) is 39.2. The summed E-state index contributed by atoms with van der Waals surface area (Å²) in [6.07, 6.45) is 9.53. The highest BCUT2D eigenvalue weighted by molar-refractivity contribution is 7.91. The quantitative estimate of drug-likeness (QED) is 0.188. The number of nitrogens with zero attached hydrogens (tertiary/aromatic N) is 2. The van der Waals surface area contributed by atoms with Gasteiger partial charge in [-0.25, -0.2) is 22.6 Å². The van der Waals surface area contributed by atoms with Gasteiger partial charge in [0.05, 0.1) is 17.3 Å². The van der Waals surface area contributed by atoms with Gasteiger partial charge in [-0.1, -0.05) is 37.1 Å². The maximum Gasteiger partial charge on any atom is 0.408 e. The third-order valence-electron chi connectivity index (χ3n) is 12.5. The molecule has 59 heavy (non-hydrogen) atoms. The summed E-state index contributed by atoms with van der Waals surface area (Å²) < 4.78 is 61.8. The maximum absolute atomic E-state index is 14.9. The Morgan fingerprint density at radius 3 is 2.58 bits per heavy atom. The lowest BCUT2D eigenvalue weighted by Gasteiger charge is -2.30. The minimum absolute atomic E-state index is 0.0464. The summed E-state index contributed by atoms with van der Waals surface area (Å²) in [4.78, 5) is 62.6. The molecule has 16 heteroatoms. The molecular weight excluding hydrogens is 782 g/mol. The van der Waals surface area contributed by atoms with Gasteiger partial charge < -0.3 is 29.4 Å². The second-order valence-corrected chi connectivity index (χ2v) is 18.8. The van der Waals surface area contributed by atoms with E-state index in [1.54, 1.807) is 6.07 Å². The minimum atomic E-state index is -3.93. The van der Waals surface area contributed by atoms with E-state index in [1.165, 1.54) is 17.0 Å². The first-order chi connectivity index (χ1) is 28.4. The summed E-state index contributed by atoms with van der Waals surface area (Å²) in [7, 11) is -3.93. The van der Waals surface area contributed by atoms with E-state index in [-0.39, 0.29) is 36.8 Å². The lowest BCUT2D eigenvalue weighted by Crippen LogP contribution is -2.58. The lowest BCUT2D eigenvalue weighted by molar-refractivity contribution is -0.141. The summed E-state index contributed by atoms with van der Waals surface area (Å²) in [6.45, 7) is 1.80. The fourth-order valence-corrected chi connectivity index (χ4v) is 10.4. The molecule has 2 aromatic carbocycles. The summed E-state index contributed by atoms with van der Waals surface area (Å²) >= 11 is 0. The zero-order chi connectivity index (χ0) is 41.1. The van der Waals surface area contributed by atoms with Gasteiger partial charge in [0.1, 0.15) is 46.7 Å². The minimum Gasteiger partial charge on any atom is -0.484 e. The Kier molecular flexibility index (Phi) is 10.2. The number of aryl methyl sites for hydroxylation is 1. The van der Waals surface area contributed by atoms with E-state index in [1.807, 2.05) is 37.3 Å². The molecule has 3 aliphatic carbocycles. The summed E-state index contributed by atoms with van der Waals surface area (Å²) in [5.74, 6) is -2.80. The number of aromatic nitrogens is 1. The van der Waals surface area contributed by atoms with E-state index in [0.717, 1.165) is 49.5 Å². The zero-order valence-corrected chi connectivity index (χ0v) is 33.7. The van der Waals surface area contributed by atoms with Crippen LogP contribution in [0.15, 0.2) is 53.0 Å². The summed E-state index contributed by atoms with van der Waals surface area (Å²) in [5, 5.41) is 6.11. The number of carbonyl (C=O) groups is 4. The van der Waals surface area contributed by atoms with Crippen LogP contribution >= 0.6 is 0 Å². The van der Waals surface area contributed by atoms with Gasteiger partial charge in [-0.15, -0.1) is 0 Å². The average Bonchev–Trinajstić information content (AvgIpc) is 4.01. The number of alkyl carbamates (subject to hydrolysis) is 1. The van der Waals surface area contributed by atoms with Gasteiger partial charge in [0.15, 0.2) is 11.3 Å². The highest BCUT2D eigenvalue weighted by atomic mass is 32.2. The van der Waals surface area contributed by atoms with E-state index >= 15 is 0 Å². The van der Waals surface area contributed by atoms with Crippen LogP contribution in [0.2, 0.25) is 0 Å². The maximum atomic E-state index is 14.9. The molecule has 3 N–H and O–H groups in total. The number of hydrogen-bond acceptors (Lipinski definition) is 10. The Bertz CT molecular complexity index is 2500. The van der Waals surface area contributed by atoms with Gasteiger partial charge >= 0.3 is 6.09 Å². The lowest BCUT2D eigenvalue weighted by atomic mass is 10.0. The largest absolute Gasteiger partial charge is 0.484 e. The van der Waals surface area contributed by atoms with Crippen LogP contribution in [0, 0.1) is 18.7 Å². The molecule has 0 spiro atoms. The number of amides is 4. The second kappa shape index (κ2) is 15.4. The number of ether oxygens (including phenoxy) is 2. The van der Waals surface area contributed by atoms with Crippen LogP contribution in [0.1, 0.15) is 89.0 Å². The molecule has 9 rings (SSSR count). The number of sulfonamides is 1. The predicted octanol–water partition coefficient (Wildman–Crippen LogP) is 5.97. The number of pyridine rings is 1. The highest BCUT2D eigenvalue weighted by Gasteiger charge is 2.62. The molecule has 4 fully saturated rings. The Hall–Kier alpha value is -5.25. The molecule has 2 aliphatic heterocycles. The first-order valence-electron chi connectivity index (χ1n) is 20.8. The van der Waals surface area contributed by atoms with Gasteiger partial charge in [0.25, 0.3) is 5.91 Å². The van der Waals surface area contributed by atoms with Crippen LogP contribution in [0.3, 0.4) is 0 Å². The molecule has 3 saturated carbocycles. The van der Waals surface area contributed by atoms with Crippen molar-refractivity contribution in [3.63, 3.8) is 0 Å². The number of fused-ring (bicyclic) bond motifs is 6. The first-order valence-corrected chi connectivity index (χ1v) is 22.3. The third kappa shape index (κ3) is 7.71. The number of para-hydroxylation sites is 1. The Morgan fingerprint density at radius 2 is 1.78 bits per heavy atom. The Balaban J connectivity index is 1.07. The Labute approximate surface area is 340 Å². The molecule has 0 bridgehead atoms. The molecule has 312 valence electrons. The average molecular weight is 830 g/mol. The highest BCUT2D eigenvalue weighted by Crippen LogP contribution is 2.46. The van der Waals surface area contributed by atoms with Crippen LogP contribution in [0.25, 0.3) is 33.0 Å². The van der Waals surface area contributed by atoms with Gasteiger partial charge in [-0.3, -0.25) is 19.1 Å². The molecule has 4 aromatic rings. The fraction of sp³-hybridized carbons (Fsp3) is 0.512. The third-order valence-corrected chi connectivity index (χ3v) is 14.3. The number of carbonyl (C=O) groups excluding carboxylic acids is 4. The molecule has 0 radical (unpaired) electrons. The van der Waals surface area contributed by atoms with Crippen molar-refractivity contribution >= 4 is 66.8 Å². The molecule has 14 nitrogen and oxygen atoms in total. The SMILES string of the molecule is Cc1cccc2c1oc1c(O[C@@H]3C[C@H]4C(=O)N[C@]5(C(=O)NS(=O)(=O)C6CC6)C[C@H]5C=CCCCCC[C@H](NC(=O)OC5CCCC5)C(=O)N4C3)c3cc(F)ccc3nc12. The van der Waals surface area contributed by atoms with Gasteiger partial charge in [0, 0.05) is 23.1 Å². The van der Waals surface area contributed by atoms with Crippen molar-refractivity contribution in [1.29, 1.82) is 0 Å². The standard InChI is InChI=1S/C43H48FN5O9S/c1-24-10-9-14-30-35-38(58-36(24)30)37(31-20-26(44)16-19-32(31)45-35)56-28-21-34-39(50)47-43(41(52)48-59(54,55)29-17-18-29)22-25(43)11-5-3-2-4-6-15-33(40(51)49(34)23-28)46-42(53)57-27-12-7-8-13-27/h5,9-11,14,16,19-20,25,27-29,33-34H,2-4,6-8,12-13,15,17-18,21-23H2,1H3,(H,46,53)(H,47,50)(H,48,52)/t25-,28-,33+,34+,43-/m1/s1. The molecule has 5 aliphatic rings. The van der Waals surface area contributed by atoms with E-state index < -0.39 is 74.5 Å². The van der Waals surface area contributed by atoms with Crippen LogP contribution in [-0.4, -0.2) is 83.7 Å². The molecule has 2 aromatic heterocycles. The molecular formula is C43H48FN5O9S. The van der Waals surface area contributed by atoms with E-state index in [2.05, 4.69) is 15.4 Å². The van der Waals surface area contributed by atoms with Gasteiger partial charge in [0.2, 0.25) is 21.8 Å². The van der Waals surface area contributed by atoms with Crippen LogP contribution < -0.4 is 20.1 Å². The summed E-state index contributed by atoms with van der Waals surface area (Å²) in [5.41, 5.74) is 1.13. The summed E-state index contributed by atoms with van der Waals surface area (Å²) in [6, 6.07) is 7.60. The van der Waals surface area contributed by atoms with Gasteiger partial charge in [-0.05, 0) is 101 Å². The number of rotatable bonds is 7. The molecule has 0 unspecified atom stereocenters. The normalized spacial score (nSPS) is 26.8. The van der Waals surface area contributed by atoms with E-state index in [9.17, 15) is 32.0 Å².